The topological polar surface area (TPSA) is 69.3 Å². The Labute approximate surface area is 133 Å². The van der Waals surface area contributed by atoms with E-state index in [0.29, 0.717) is 5.88 Å². The number of anilines is 1. The van der Waals surface area contributed by atoms with Crippen molar-refractivity contribution in [2.45, 2.75) is 12.8 Å². The van der Waals surface area contributed by atoms with Crippen LogP contribution < -0.4 is 5.73 Å². The van der Waals surface area contributed by atoms with E-state index in [1.807, 2.05) is 35.0 Å². The van der Waals surface area contributed by atoms with Crippen LogP contribution in [-0.4, -0.2) is 14.5 Å². The number of hydrogen-bond acceptors (Lipinski definition) is 4. The summed E-state index contributed by atoms with van der Waals surface area (Å²) in [6, 6.07) is 16.1. The first kappa shape index (κ1) is 13.6. The maximum Gasteiger partial charge on any atom is 0.222 e. The molecule has 0 spiro atoms. The Hall–Kier alpha value is -3.08. The predicted molar refractivity (Wildman–Crippen MR) is 89.1 cm³/mol. The van der Waals surface area contributed by atoms with Crippen LogP contribution in [0.2, 0.25) is 0 Å². The van der Waals surface area contributed by atoms with Crippen LogP contribution in [0.1, 0.15) is 24.1 Å². The zero-order chi connectivity index (χ0) is 15.8. The molecule has 2 N–H and O–H groups in total. The molecule has 4 rings (SSSR count). The third kappa shape index (κ3) is 2.46. The third-order valence-corrected chi connectivity index (χ3v) is 4.06. The van der Waals surface area contributed by atoms with Gasteiger partial charge in [-0.3, -0.25) is 0 Å². The summed E-state index contributed by atoms with van der Waals surface area (Å²) in [5.74, 6) is 0.472. The first-order valence-electron chi connectivity index (χ1n) is 7.47. The number of nitrogens with two attached hydrogens (primary N) is 1. The lowest BCUT2D eigenvalue weighted by molar-refractivity contribution is 0.425. The van der Waals surface area contributed by atoms with E-state index in [1.165, 1.54) is 0 Å². The highest BCUT2D eigenvalue weighted by Crippen LogP contribution is 2.27. The summed E-state index contributed by atoms with van der Waals surface area (Å²) in [6.45, 7) is 2.08. The molecule has 0 amide bonds. The molecule has 3 aromatic heterocycles. The number of imidazole rings is 1. The lowest BCUT2D eigenvalue weighted by Crippen LogP contribution is -1.96. The molecule has 0 aliphatic carbocycles. The van der Waals surface area contributed by atoms with Crippen LogP contribution in [0.15, 0.2) is 65.4 Å². The lowest BCUT2D eigenvalue weighted by atomic mass is 9.96. The molecule has 0 aliphatic rings. The average Bonchev–Trinajstić information content (AvgIpc) is 3.20. The van der Waals surface area contributed by atoms with Gasteiger partial charge >= 0.3 is 0 Å². The minimum absolute atomic E-state index is 0.131. The first-order chi connectivity index (χ1) is 11.2. The summed E-state index contributed by atoms with van der Waals surface area (Å²) in [5, 5.41) is 3.99. The average molecular weight is 304 g/mol. The molecule has 1 unspecified atom stereocenters. The second kappa shape index (κ2) is 5.28. The SMILES string of the molecule is CC(c1ccc(-c2cn3ccccc3n2)cc1)c1cc(N)on1. The van der Waals surface area contributed by atoms with Gasteiger partial charge in [-0.05, 0) is 17.7 Å². The van der Waals surface area contributed by atoms with Crippen molar-refractivity contribution in [2.24, 2.45) is 0 Å². The van der Waals surface area contributed by atoms with Gasteiger partial charge in [0, 0.05) is 29.9 Å². The van der Waals surface area contributed by atoms with Crippen molar-refractivity contribution >= 4 is 11.5 Å². The maximum absolute atomic E-state index is 5.59. The highest BCUT2D eigenvalue weighted by atomic mass is 16.5. The van der Waals surface area contributed by atoms with Gasteiger partial charge in [-0.1, -0.05) is 42.4 Å². The van der Waals surface area contributed by atoms with Gasteiger partial charge in [0.05, 0.1) is 11.4 Å². The van der Waals surface area contributed by atoms with Gasteiger partial charge in [0.15, 0.2) is 0 Å². The Balaban J connectivity index is 1.65. The highest BCUT2D eigenvalue weighted by molar-refractivity contribution is 5.63. The Kier molecular flexibility index (Phi) is 3.12. The summed E-state index contributed by atoms with van der Waals surface area (Å²) in [6.07, 6.45) is 4.03. The molecule has 1 aromatic carbocycles. The molecule has 0 saturated carbocycles. The van der Waals surface area contributed by atoms with Gasteiger partial charge in [-0.2, -0.15) is 0 Å². The number of fused-ring (bicyclic) bond motifs is 1. The predicted octanol–water partition coefficient (Wildman–Crippen LogP) is 3.72. The molecule has 5 nitrogen and oxygen atoms in total. The van der Waals surface area contributed by atoms with Crippen LogP contribution in [0.5, 0.6) is 0 Å². The van der Waals surface area contributed by atoms with Crippen molar-refractivity contribution in [1.82, 2.24) is 14.5 Å². The molecule has 0 radical (unpaired) electrons. The largest absolute Gasteiger partial charge is 0.368 e. The van der Waals surface area contributed by atoms with Crippen LogP contribution in [0.25, 0.3) is 16.9 Å². The first-order valence-corrected chi connectivity index (χ1v) is 7.47. The van der Waals surface area contributed by atoms with Crippen molar-refractivity contribution in [2.75, 3.05) is 5.73 Å². The maximum atomic E-state index is 5.59. The fourth-order valence-corrected chi connectivity index (χ4v) is 2.69. The molecule has 3 heterocycles. The zero-order valence-corrected chi connectivity index (χ0v) is 12.7. The van der Waals surface area contributed by atoms with Gasteiger partial charge < -0.3 is 14.7 Å². The van der Waals surface area contributed by atoms with E-state index >= 15 is 0 Å². The number of aromatic nitrogens is 3. The highest BCUT2D eigenvalue weighted by Gasteiger charge is 2.13. The summed E-state index contributed by atoms with van der Waals surface area (Å²) >= 11 is 0. The standard InChI is InChI=1S/C18H16N4O/c1-12(15-10-17(19)23-21-15)13-5-7-14(8-6-13)16-11-22-9-3-2-4-18(22)20-16/h2-12H,19H2,1H3. The van der Waals surface area contributed by atoms with Crippen LogP contribution in [0, 0.1) is 0 Å². The lowest BCUT2D eigenvalue weighted by Gasteiger charge is -2.08. The second-order valence-corrected chi connectivity index (χ2v) is 5.59. The van der Waals surface area contributed by atoms with Crippen LogP contribution in [0.4, 0.5) is 5.88 Å². The minimum Gasteiger partial charge on any atom is -0.368 e. The quantitative estimate of drug-likeness (QED) is 0.626. The van der Waals surface area contributed by atoms with Crippen molar-refractivity contribution < 1.29 is 4.52 Å². The summed E-state index contributed by atoms with van der Waals surface area (Å²) in [4.78, 5) is 4.64. The van der Waals surface area contributed by atoms with Crippen LogP contribution >= 0.6 is 0 Å². The van der Waals surface area contributed by atoms with Crippen molar-refractivity contribution in [3.8, 4) is 11.3 Å². The normalized spacial score (nSPS) is 12.6. The number of nitrogen functional groups attached to an aromatic ring is 1. The fraction of sp³-hybridized carbons (Fsp3) is 0.111. The Bertz CT molecular complexity index is 919. The summed E-state index contributed by atoms with van der Waals surface area (Å²) in [7, 11) is 0. The summed E-state index contributed by atoms with van der Waals surface area (Å²) < 4.78 is 6.97. The van der Waals surface area contributed by atoms with E-state index in [-0.39, 0.29) is 5.92 Å². The van der Waals surface area contributed by atoms with Crippen molar-refractivity contribution in [3.05, 3.63) is 72.2 Å². The van der Waals surface area contributed by atoms with E-state index in [1.54, 1.807) is 6.07 Å². The van der Waals surface area contributed by atoms with Gasteiger partial charge in [0.2, 0.25) is 5.88 Å². The summed E-state index contributed by atoms with van der Waals surface area (Å²) in [5.41, 5.74) is 10.6. The molecule has 0 aliphatic heterocycles. The molecule has 114 valence electrons. The van der Waals surface area contributed by atoms with Gasteiger partial charge in [0.25, 0.3) is 0 Å². The monoisotopic (exact) mass is 304 g/mol. The third-order valence-electron chi connectivity index (χ3n) is 4.06. The van der Waals surface area contributed by atoms with Gasteiger partial charge in [-0.15, -0.1) is 0 Å². The minimum atomic E-state index is 0.131. The van der Waals surface area contributed by atoms with Crippen LogP contribution in [-0.2, 0) is 0 Å². The molecule has 23 heavy (non-hydrogen) atoms. The number of benzene rings is 1. The number of hydrogen-bond donors (Lipinski definition) is 1. The fourth-order valence-electron chi connectivity index (χ4n) is 2.69. The molecular weight excluding hydrogens is 288 g/mol. The molecule has 5 heteroatoms. The van der Waals surface area contributed by atoms with Crippen molar-refractivity contribution in [1.29, 1.82) is 0 Å². The van der Waals surface area contributed by atoms with Crippen LogP contribution in [0.3, 0.4) is 0 Å². The smallest absolute Gasteiger partial charge is 0.222 e. The Morgan fingerprint density at radius 3 is 2.65 bits per heavy atom. The van der Waals surface area contributed by atoms with Gasteiger partial charge in [-0.25, -0.2) is 4.98 Å². The molecule has 0 fully saturated rings. The molecule has 4 aromatic rings. The van der Waals surface area contributed by atoms with Crippen molar-refractivity contribution in [3.63, 3.8) is 0 Å². The molecule has 1 atom stereocenters. The van der Waals surface area contributed by atoms with E-state index in [4.69, 9.17) is 10.3 Å². The Morgan fingerprint density at radius 1 is 1.13 bits per heavy atom. The van der Waals surface area contributed by atoms with Gasteiger partial charge in [0.1, 0.15) is 5.65 Å². The van der Waals surface area contributed by atoms with E-state index in [9.17, 15) is 0 Å². The van der Waals surface area contributed by atoms with E-state index in [2.05, 4.69) is 41.3 Å². The molecule has 0 bridgehead atoms. The number of rotatable bonds is 3. The Morgan fingerprint density at radius 2 is 1.96 bits per heavy atom. The molecular formula is C18H16N4O. The molecule has 0 saturated heterocycles. The zero-order valence-electron chi connectivity index (χ0n) is 12.7. The van der Waals surface area contributed by atoms with E-state index < -0.39 is 0 Å². The number of nitrogens with zero attached hydrogens (tertiary/aromatic N) is 3. The second-order valence-electron chi connectivity index (χ2n) is 5.59. The van der Waals surface area contributed by atoms with E-state index in [0.717, 1.165) is 28.2 Å². The number of pyridine rings is 1.